The van der Waals surface area contributed by atoms with Gasteiger partial charge in [0.05, 0.1) is 19.7 Å². The van der Waals surface area contributed by atoms with E-state index in [1.165, 1.54) is 0 Å². The largest absolute Gasteiger partial charge is 0.493 e. The molecule has 0 amide bonds. The predicted octanol–water partition coefficient (Wildman–Crippen LogP) is 1.53. The van der Waals surface area contributed by atoms with E-state index in [1.54, 1.807) is 7.11 Å². The molecule has 0 atom stereocenters. The highest BCUT2D eigenvalue weighted by Crippen LogP contribution is 2.25. The van der Waals surface area contributed by atoms with Gasteiger partial charge in [0.2, 0.25) is 0 Å². The first-order valence-corrected chi connectivity index (χ1v) is 5.09. The highest BCUT2D eigenvalue weighted by Gasteiger charge is 2.03. The Balaban J connectivity index is 2.40. The van der Waals surface area contributed by atoms with Gasteiger partial charge in [-0.05, 0) is 19.2 Å². The summed E-state index contributed by atoms with van der Waals surface area (Å²) >= 11 is 0. The molecule has 0 bridgehead atoms. The molecule has 0 aliphatic carbocycles. The average molecular weight is 220 g/mol. The summed E-state index contributed by atoms with van der Waals surface area (Å²) in [6, 6.07) is 9.60. The van der Waals surface area contributed by atoms with Gasteiger partial charge in [-0.25, -0.2) is 0 Å². The maximum absolute atomic E-state index is 8.48. The van der Waals surface area contributed by atoms with Gasteiger partial charge in [-0.1, -0.05) is 12.1 Å². The summed E-state index contributed by atoms with van der Waals surface area (Å²) in [5.41, 5.74) is 0. The van der Waals surface area contributed by atoms with Crippen LogP contribution in [0.25, 0.3) is 0 Å². The molecule has 1 rings (SSSR count). The van der Waals surface area contributed by atoms with E-state index in [9.17, 15) is 0 Å². The van der Waals surface area contributed by atoms with Crippen LogP contribution in [0.4, 0.5) is 0 Å². The Morgan fingerprint density at radius 2 is 2.00 bits per heavy atom. The lowest BCUT2D eigenvalue weighted by atomic mass is 10.3. The molecule has 0 aliphatic rings. The van der Waals surface area contributed by atoms with Gasteiger partial charge in [-0.2, -0.15) is 5.26 Å². The molecule has 0 unspecified atom stereocenters. The Morgan fingerprint density at radius 1 is 1.31 bits per heavy atom. The zero-order valence-corrected chi connectivity index (χ0v) is 9.64. The van der Waals surface area contributed by atoms with Gasteiger partial charge in [0.1, 0.15) is 6.61 Å². The summed E-state index contributed by atoms with van der Waals surface area (Å²) in [5, 5.41) is 8.48. The minimum Gasteiger partial charge on any atom is -0.493 e. The fourth-order valence-electron chi connectivity index (χ4n) is 1.25. The quantitative estimate of drug-likeness (QED) is 0.682. The van der Waals surface area contributed by atoms with E-state index in [4.69, 9.17) is 14.7 Å². The van der Waals surface area contributed by atoms with Crippen molar-refractivity contribution in [2.45, 2.75) is 0 Å². The smallest absolute Gasteiger partial charge is 0.161 e. The molecule has 1 aromatic carbocycles. The number of likely N-dealkylation sites (N-methyl/N-ethyl adjacent to an activating group) is 1. The number of hydrogen-bond donors (Lipinski definition) is 0. The van der Waals surface area contributed by atoms with Gasteiger partial charge in [0.15, 0.2) is 11.5 Å². The first kappa shape index (κ1) is 12.3. The summed E-state index contributed by atoms with van der Waals surface area (Å²) in [4.78, 5) is 1.90. The SMILES string of the molecule is COc1ccccc1OCCN(C)CC#N. The Bertz CT molecular complexity index is 360. The second-order valence-corrected chi connectivity index (χ2v) is 3.40. The second kappa shape index (κ2) is 6.70. The normalized spacial score (nSPS) is 9.88. The van der Waals surface area contributed by atoms with Gasteiger partial charge in [0.25, 0.3) is 0 Å². The van der Waals surface area contributed by atoms with Crippen molar-refractivity contribution in [1.29, 1.82) is 5.26 Å². The Kier molecular flexibility index (Phi) is 5.17. The number of nitriles is 1. The first-order valence-electron chi connectivity index (χ1n) is 5.09. The summed E-state index contributed by atoms with van der Waals surface area (Å²) in [5.74, 6) is 1.46. The maximum Gasteiger partial charge on any atom is 0.161 e. The third-order valence-electron chi connectivity index (χ3n) is 2.14. The van der Waals surface area contributed by atoms with Crippen molar-refractivity contribution in [2.75, 3.05) is 33.9 Å². The highest BCUT2D eigenvalue weighted by atomic mass is 16.5. The zero-order chi connectivity index (χ0) is 11.8. The molecular formula is C12H16N2O2. The molecule has 1 aromatic rings. The molecule has 0 aromatic heterocycles. The number of rotatable bonds is 6. The van der Waals surface area contributed by atoms with E-state index in [0.29, 0.717) is 19.7 Å². The summed E-state index contributed by atoms with van der Waals surface area (Å²) in [7, 11) is 3.50. The van der Waals surface area contributed by atoms with Gasteiger partial charge in [-0.15, -0.1) is 0 Å². The molecule has 0 fully saturated rings. The molecule has 0 saturated heterocycles. The number of hydrogen-bond acceptors (Lipinski definition) is 4. The molecule has 0 N–H and O–H groups in total. The first-order chi connectivity index (χ1) is 7.77. The van der Waals surface area contributed by atoms with Gasteiger partial charge < -0.3 is 9.47 Å². The monoisotopic (exact) mass is 220 g/mol. The van der Waals surface area contributed by atoms with Crippen LogP contribution in [0.1, 0.15) is 0 Å². The van der Waals surface area contributed by atoms with Crippen LogP contribution in [-0.4, -0.2) is 38.8 Å². The Labute approximate surface area is 96.0 Å². The summed E-state index contributed by atoms with van der Waals surface area (Å²) in [6.45, 7) is 1.67. The van der Waals surface area contributed by atoms with Crippen LogP contribution in [0.15, 0.2) is 24.3 Å². The van der Waals surface area contributed by atoms with Crippen molar-refractivity contribution in [3.8, 4) is 17.6 Å². The fourth-order valence-corrected chi connectivity index (χ4v) is 1.25. The molecule has 4 heteroatoms. The molecule has 0 spiro atoms. The predicted molar refractivity (Wildman–Crippen MR) is 61.6 cm³/mol. The van der Waals surface area contributed by atoms with E-state index >= 15 is 0 Å². The molecule has 0 saturated carbocycles. The van der Waals surface area contributed by atoms with Gasteiger partial charge in [-0.3, -0.25) is 4.90 Å². The van der Waals surface area contributed by atoms with Crippen LogP contribution in [-0.2, 0) is 0 Å². The summed E-state index contributed by atoms with van der Waals surface area (Å²) < 4.78 is 10.7. The lowest BCUT2D eigenvalue weighted by Crippen LogP contribution is -2.24. The van der Waals surface area contributed by atoms with Crippen molar-refractivity contribution >= 4 is 0 Å². The maximum atomic E-state index is 8.48. The van der Waals surface area contributed by atoms with Gasteiger partial charge in [0, 0.05) is 6.54 Å². The molecular weight excluding hydrogens is 204 g/mol. The molecule has 86 valence electrons. The Morgan fingerprint density at radius 3 is 2.62 bits per heavy atom. The highest BCUT2D eigenvalue weighted by molar-refractivity contribution is 5.39. The summed E-state index contributed by atoms with van der Waals surface area (Å²) in [6.07, 6.45) is 0. The fraction of sp³-hybridized carbons (Fsp3) is 0.417. The number of benzene rings is 1. The standard InChI is InChI=1S/C12H16N2O2/c1-14(8-7-13)9-10-16-12-6-4-3-5-11(12)15-2/h3-6H,8-10H2,1-2H3. The van der Waals surface area contributed by atoms with Crippen molar-refractivity contribution < 1.29 is 9.47 Å². The van der Waals surface area contributed by atoms with E-state index < -0.39 is 0 Å². The molecule has 16 heavy (non-hydrogen) atoms. The van der Waals surface area contributed by atoms with E-state index in [1.807, 2.05) is 36.2 Å². The zero-order valence-electron chi connectivity index (χ0n) is 9.64. The Hall–Kier alpha value is -1.73. The molecule has 0 aliphatic heterocycles. The molecule has 0 heterocycles. The topological polar surface area (TPSA) is 45.5 Å². The van der Waals surface area contributed by atoms with Crippen LogP contribution in [0.5, 0.6) is 11.5 Å². The van der Waals surface area contributed by atoms with Gasteiger partial charge >= 0.3 is 0 Å². The third-order valence-corrected chi connectivity index (χ3v) is 2.14. The van der Waals surface area contributed by atoms with Crippen LogP contribution < -0.4 is 9.47 Å². The second-order valence-electron chi connectivity index (χ2n) is 3.40. The average Bonchev–Trinajstić information content (AvgIpc) is 2.30. The van der Waals surface area contributed by atoms with E-state index in [2.05, 4.69) is 6.07 Å². The molecule has 4 nitrogen and oxygen atoms in total. The van der Waals surface area contributed by atoms with Crippen molar-refractivity contribution in [1.82, 2.24) is 4.90 Å². The number of nitrogens with zero attached hydrogens (tertiary/aromatic N) is 2. The van der Waals surface area contributed by atoms with Crippen LogP contribution in [0, 0.1) is 11.3 Å². The minimum atomic E-state index is 0.412. The van der Waals surface area contributed by atoms with Crippen molar-refractivity contribution in [2.24, 2.45) is 0 Å². The minimum absolute atomic E-state index is 0.412. The van der Waals surface area contributed by atoms with E-state index in [0.717, 1.165) is 11.5 Å². The number of ether oxygens (including phenoxy) is 2. The van der Waals surface area contributed by atoms with Crippen LogP contribution in [0.3, 0.4) is 0 Å². The van der Waals surface area contributed by atoms with Crippen molar-refractivity contribution in [3.05, 3.63) is 24.3 Å². The number of methoxy groups -OCH3 is 1. The van der Waals surface area contributed by atoms with Crippen LogP contribution in [0.2, 0.25) is 0 Å². The lowest BCUT2D eigenvalue weighted by Gasteiger charge is -2.14. The molecule has 0 radical (unpaired) electrons. The number of para-hydroxylation sites is 2. The van der Waals surface area contributed by atoms with Crippen molar-refractivity contribution in [3.63, 3.8) is 0 Å². The van der Waals surface area contributed by atoms with Crippen LogP contribution >= 0.6 is 0 Å². The van der Waals surface area contributed by atoms with E-state index in [-0.39, 0.29) is 0 Å². The lowest BCUT2D eigenvalue weighted by molar-refractivity contribution is 0.242. The third kappa shape index (κ3) is 3.79.